The maximum atomic E-state index is 12.4. The predicted molar refractivity (Wildman–Crippen MR) is 78.6 cm³/mol. The number of hydrogen-bond donors (Lipinski definition) is 2. The van der Waals surface area contributed by atoms with Crippen LogP contribution in [0.25, 0.3) is 0 Å². The maximum Gasteiger partial charge on any atom is 0.253 e. The summed E-state index contributed by atoms with van der Waals surface area (Å²) in [4.78, 5) is 25.8. The van der Waals surface area contributed by atoms with Crippen LogP contribution in [0.5, 0.6) is 0 Å². The normalized spacial score (nSPS) is 18.7. The largest absolute Gasteiger partial charge is 0.398 e. The van der Waals surface area contributed by atoms with Crippen LogP contribution < -0.4 is 11.1 Å². The molecule has 1 aromatic rings. The summed E-state index contributed by atoms with van der Waals surface area (Å²) in [5.74, 6) is -0.264. The summed E-state index contributed by atoms with van der Waals surface area (Å²) in [5.41, 5.74) is 6.59. The molecule has 3 N–H and O–H groups in total. The van der Waals surface area contributed by atoms with Gasteiger partial charge in [0.15, 0.2) is 0 Å². The SMILES string of the molecule is CNC(=O)C1CCCN(C(=O)c2ccc(N)c(Cl)c2)C1. The Bertz CT molecular complexity index is 533. The number of benzene rings is 1. The fraction of sp³-hybridized carbons (Fsp3) is 0.429. The van der Waals surface area contributed by atoms with E-state index in [-0.39, 0.29) is 17.7 Å². The molecule has 1 aliphatic heterocycles. The summed E-state index contributed by atoms with van der Waals surface area (Å²) < 4.78 is 0. The van der Waals surface area contributed by atoms with E-state index in [0.29, 0.717) is 29.4 Å². The number of rotatable bonds is 2. The van der Waals surface area contributed by atoms with Crippen molar-refractivity contribution < 1.29 is 9.59 Å². The van der Waals surface area contributed by atoms with Crippen LogP contribution in [-0.4, -0.2) is 36.9 Å². The van der Waals surface area contributed by atoms with Crippen molar-refractivity contribution in [1.82, 2.24) is 10.2 Å². The first-order valence-electron chi connectivity index (χ1n) is 6.59. The number of nitrogens with two attached hydrogens (primary N) is 1. The van der Waals surface area contributed by atoms with E-state index in [1.54, 1.807) is 30.1 Å². The molecule has 6 heteroatoms. The van der Waals surface area contributed by atoms with Gasteiger partial charge in [0.05, 0.1) is 16.6 Å². The van der Waals surface area contributed by atoms with Gasteiger partial charge in [0, 0.05) is 25.7 Å². The molecular weight excluding hydrogens is 278 g/mol. The number of carbonyl (C=O) groups excluding carboxylic acids is 2. The number of hydrogen-bond acceptors (Lipinski definition) is 3. The van der Waals surface area contributed by atoms with Gasteiger partial charge in [-0.1, -0.05) is 11.6 Å². The molecule has 2 rings (SSSR count). The lowest BCUT2D eigenvalue weighted by Gasteiger charge is -2.32. The highest BCUT2D eigenvalue weighted by Crippen LogP contribution is 2.23. The number of piperidine rings is 1. The van der Waals surface area contributed by atoms with E-state index < -0.39 is 0 Å². The van der Waals surface area contributed by atoms with Gasteiger partial charge in [-0.05, 0) is 31.0 Å². The zero-order valence-corrected chi connectivity index (χ0v) is 12.1. The molecule has 1 atom stereocenters. The van der Waals surface area contributed by atoms with Crippen LogP contribution in [0, 0.1) is 5.92 Å². The highest BCUT2D eigenvalue weighted by molar-refractivity contribution is 6.33. The molecule has 0 radical (unpaired) electrons. The predicted octanol–water partition coefficient (Wildman–Crippen LogP) is 1.52. The Morgan fingerprint density at radius 2 is 2.20 bits per heavy atom. The first-order valence-corrected chi connectivity index (χ1v) is 6.96. The van der Waals surface area contributed by atoms with E-state index >= 15 is 0 Å². The molecule has 0 bridgehead atoms. The Balaban J connectivity index is 2.12. The fourth-order valence-corrected chi connectivity index (χ4v) is 2.60. The van der Waals surface area contributed by atoms with Crippen LogP contribution >= 0.6 is 11.6 Å². The van der Waals surface area contributed by atoms with Gasteiger partial charge in [0.25, 0.3) is 5.91 Å². The highest BCUT2D eigenvalue weighted by atomic mass is 35.5. The second-order valence-electron chi connectivity index (χ2n) is 4.94. The van der Waals surface area contributed by atoms with Crippen molar-refractivity contribution in [3.8, 4) is 0 Å². The third-order valence-corrected chi connectivity index (χ3v) is 3.90. The third kappa shape index (κ3) is 3.04. The molecule has 0 spiro atoms. The van der Waals surface area contributed by atoms with Gasteiger partial charge in [-0.25, -0.2) is 0 Å². The zero-order chi connectivity index (χ0) is 14.7. The summed E-state index contributed by atoms with van der Waals surface area (Å²) in [6.07, 6.45) is 1.64. The van der Waals surface area contributed by atoms with Crippen molar-refractivity contribution in [3.05, 3.63) is 28.8 Å². The average Bonchev–Trinajstić information content (AvgIpc) is 2.48. The van der Waals surface area contributed by atoms with E-state index in [1.165, 1.54) is 0 Å². The summed E-state index contributed by atoms with van der Waals surface area (Å²) in [6, 6.07) is 4.85. The summed E-state index contributed by atoms with van der Waals surface area (Å²) >= 11 is 5.94. The molecule has 1 saturated heterocycles. The lowest BCUT2D eigenvalue weighted by molar-refractivity contribution is -0.125. The van der Waals surface area contributed by atoms with Crippen LogP contribution in [0.3, 0.4) is 0 Å². The number of carbonyl (C=O) groups is 2. The van der Waals surface area contributed by atoms with Gasteiger partial charge in [0.2, 0.25) is 5.91 Å². The van der Waals surface area contributed by atoms with Crippen molar-refractivity contribution in [3.63, 3.8) is 0 Å². The molecule has 0 aliphatic carbocycles. The van der Waals surface area contributed by atoms with Gasteiger partial charge in [-0.2, -0.15) is 0 Å². The standard InChI is InChI=1S/C14H18ClN3O2/c1-17-13(19)10-3-2-6-18(8-10)14(20)9-4-5-12(16)11(15)7-9/h4-5,7,10H,2-3,6,8,16H2,1H3,(H,17,19). The smallest absolute Gasteiger partial charge is 0.253 e. The van der Waals surface area contributed by atoms with E-state index in [1.807, 2.05) is 0 Å². The molecule has 1 heterocycles. The van der Waals surface area contributed by atoms with Crippen LogP contribution in [0.1, 0.15) is 23.2 Å². The van der Waals surface area contributed by atoms with Crippen LogP contribution in [-0.2, 0) is 4.79 Å². The third-order valence-electron chi connectivity index (χ3n) is 3.57. The molecule has 1 aliphatic rings. The number of amides is 2. The summed E-state index contributed by atoms with van der Waals surface area (Å²) in [6.45, 7) is 1.11. The zero-order valence-electron chi connectivity index (χ0n) is 11.4. The number of nitrogens with one attached hydrogen (secondary N) is 1. The molecule has 1 unspecified atom stereocenters. The Kier molecular flexibility index (Phi) is 4.49. The number of nitrogens with zero attached hydrogens (tertiary/aromatic N) is 1. The molecule has 1 aromatic carbocycles. The van der Waals surface area contributed by atoms with Crippen LogP contribution in [0.2, 0.25) is 5.02 Å². The van der Waals surface area contributed by atoms with Crippen molar-refractivity contribution in [2.45, 2.75) is 12.8 Å². The topological polar surface area (TPSA) is 75.4 Å². The van der Waals surface area contributed by atoms with Crippen LogP contribution in [0.15, 0.2) is 18.2 Å². The second kappa shape index (κ2) is 6.13. The molecule has 5 nitrogen and oxygen atoms in total. The minimum absolute atomic E-state index is 0.0159. The quantitative estimate of drug-likeness (QED) is 0.812. The molecule has 1 fully saturated rings. The van der Waals surface area contributed by atoms with Crippen LogP contribution in [0.4, 0.5) is 5.69 Å². The van der Waals surface area contributed by atoms with Crippen molar-refractivity contribution in [2.24, 2.45) is 5.92 Å². The molecule has 20 heavy (non-hydrogen) atoms. The van der Waals surface area contributed by atoms with Gasteiger partial charge in [-0.3, -0.25) is 9.59 Å². The van der Waals surface area contributed by atoms with E-state index in [4.69, 9.17) is 17.3 Å². The minimum Gasteiger partial charge on any atom is -0.398 e. The highest BCUT2D eigenvalue weighted by Gasteiger charge is 2.28. The number of nitrogen functional groups attached to an aromatic ring is 1. The van der Waals surface area contributed by atoms with Gasteiger partial charge >= 0.3 is 0 Å². The van der Waals surface area contributed by atoms with Gasteiger partial charge in [-0.15, -0.1) is 0 Å². The molecular formula is C14H18ClN3O2. The first kappa shape index (κ1) is 14.7. The molecule has 0 saturated carbocycles. The van der Waals surface area contributed by atoms with Crippen molar-refractivity contribution >= 4 is 29.1 Å². The Labute approximate surface area is 123 Å². The lowest BCUT2D eigenvalue weighted by Crippen LogP contribution is -2.44. The summed E-state index contributed by atoms with van der Waals surface area (Å²) in [7, 11) is 1.61. The maximum absolute atomic E-state index is 12.4. The fourth-order valence-electron chi connectivity index (χ4n) is 2.42. The summed E-state index contributed by atoms with van der Waals surface area (Å²) in [5, 5.41) is 3.01. The monoisotopic (exact) mass is 295 g/mol. The average molecular weight is 296 g/mol. The van der Waals surface area contributed by atoms with Gasteiger partial charge in [0.1, 0.15) is 0 Å². The van der Waals surface area contributed by atoms with Crippen molar-refractivity contribution in [2.75, 3.05) is 25.9 Å². The van der Waals surface area contributed by atoms with Gasteiger partial charge < -0.3 is 16.0 Å². The number of likely N-dealkylation sites (tertiary alicyclic amines) is 1. The molecule has 108 valence electrons. The number of anilines is 1. The Morgan fingerprint density at radius 3 is 2.85 bits per heavy atom. The molecule has 0 aromatic heterocycles. The minimum atomic E-state index is -0.137. The van der Waals surface area contributed by atoms with E-state index in [9.17, 15) is 9.59 Å². The second-order valence-corrected chi connectivity index (χ2v) is 5.35. The lowest BCUT2D eigenvalue weighted by atomic mass is 9.96. The Morgan fingerprint density at radius 1 is 1.45 bits per heavy atom. The van der Waals surface area contributed by atoms with Crippen molar-refractivity contribution in [1.29, 1.82) is 0 Å². The van der Waals surface area contributed by atoms with E-state index in [0.717, 1.165) is 12.8 Å². The first-order chi connectivity index (χ1) is 9.52. The Hall–Kier alpha value is -1.75. The number of halogens is 1. The molecule has 2 amide bonds. The van der Waals surface area contributed by atoms with E-state index in [2.05, 4.69) is 5.32 Å².